The number of anilines is 1. The van der Waals surface area contributed by atoms with Gasteiger partial charge in [-0.15, -0.1) is 0 Å². The van der Waals surface area contributed by atoms with Crippen molar-refractivity contribution in [2.45, 2.75) is 0 Å². The molecule has 4 nitrogen and oxygen atoms in total. The molecule has 2 aliphatic rings. The highest BCUT2D eigenvalue weighted by Gasteiger charge is 2.34. The highest BCUT2D eigenvalue weighted by atomic mass is 32.2. The second-order valence-corrected chi connectivity index (χ2v) is 6.66. The van der Waals surface area contributed by atoms with Gasteiger partial charge in [0.15, 0.2) is 11.6 Å². The number of nitrogens with zero attached hydrogens (tertiary/aromatic N) is 1. The van der Waals surface area contributed by atoms with E-state index in [1.54, 1.807) is 24.3 Å². The monoisotopic (exact) mass is 329 g/mol. The Hall–Kier alpha value is -2.05. The van der Waals surface area contributed by atoms with Crippen LogP contribution in [-0.2, 0) is 9.59 Å². The van der Waals surface area contributed by atoms with Gasteiger partial charge in [0.1, 0.15) is 0 Å². The molecule has 0 spiro atoms. The SMILES string of the molecule is C=CC(=O)N1CC(=O)C(=C2SC=CS2)C(=O)c2ccccc21. The Kier molecular flexibility index (Phi) is 4.04. The molecule has 0 radical (unpaired) electrons. The third-order valence-corrected chi connectivity index (χ3v) is 5.43. The van der Waals surface area contributed by atoms with E-state index in [4.69, 9.17) is 0 Å². The highest BCUT2D eigenvalue weighted by Crippen LogP contribution is 2.42. The van der Waals surface area contributed by atoms with Gasteiger partial charge in [-0.2, -0.15) is 0 Å². The van der Waals surface area contributed by atoms with Crippen molar-refractivity contribution in [3.63, 3.8) is 0 Å². The smallest absolute Gasteiger partial charge is 0.250 e. The van der Waals surface area contributed by atoms with Crippen LogP contribution in [-0.4, -0.2) is 24.0 Å². The molecule has 1 amide bonds. The Labute approximate surface area is 135 Å². The van der Waals surface area contributed by atoms with Gasteiger partial charge in [-0.25, -0.2) is 0 Å². The molecular formula is C16H11NO3S2. The topological polar surface area (TPSA) is 54.5 Å². The summed E-state index contributed by atoms with van der Waals surface area (Å²) in [7, 11) is 0. The molecule has 0 aromatic heterocycles. The van der Waals surface area contributed by atoms with Crippen LogP contribution in [0.3, 0.4) is 0 Å². The Morgan fingerprint density at radius 3 is 2.55 bits per heavy atom. The quantitative estimate of drug-likeness (QED) is 0.585. The first-order chi connectivity index (χ1) is 10.6. The normalized spacial score (nSPS) is 17.5. The van der Waals surface area contributed by atoms with E-state index in [0.29, 0.717) is 15.5 Å². The number of ketones is 2. The minimum absolute atomic E-state index is 0.159. The van der Waals surface area contributed by atoms with Crippen LogP contribution in [0.4, 0.5) is 5.69 Å². The number of carbonyl (C=O) groups excluding carboxylic acids is 3. The molecule has 0 saturated carbocycles. The Bertz CT molecular complexity index is 754. The predicted octanol–water partition coefficient (Wildman–Crippen LogP) is 3.13. The molecule has 0 fully saturated rings. The molecule has 0 unspecified atom stereocenters. The molecule has 110 valence electrons. The first kappa shape index (κ1) is 14.9. The number of benzene rings is 1. The molecule has 6 heteroatoms. The molecule has 22 heavy (non-hydrogen) atoms. The fourth-order valence-electron chi connectivity index (χ4n) is 2.31. The summed E-state index contributed by atoms with van der Waals surface area (Å²) in [6.45, 7) is 3.30. The van der Waals surface area contributed by atoms with E-state index in [2.05, 4.69) is 6.58 Å². The lowest BCUT2D eigenvalue weighted by Gasteiger charge is -2.19. The van der Waals surface area contributed by atoms with E-state index in [9.17, 15) is 14.4 Å². The van der Waals surface area contributed by atoms with Crippen LogP contribution < -0.4 is 4.90 Å². The number of para-hydroxylation sites is 1. The number of thioether (sulfide) groups is 2. The molecule has 0 aliphatic carbocycles. The molecule has 0 atom stereocenters. The van der Waals surface area contributed by atoms with Gasteiger partial charge in [0, 0.05) is 5.56 Å². The van der Waals surface area contributed by atoms with E-state index in [-0.39, 0.29) is 23.7 Å². The van der Waals surface area contributed by atoms with Gasteiger partial charge in [-0.05, 0) is 29.0 Å². The maximum absolute atomic E-state index is 12.8. The Balaban J connectivity index is 2.19. The largest absolute Gasteiger partial charge is 0.300 e. The van der Waals surface area contributed by atoms with Gasteiger partial charge < -0.3 is 4.90 Å². The number of fused-ring (bicyclic) bond motifs is 1. The summed E-state index contributed by atoms with van der Waals surface area (Å²) in [6, 6.07) is 6.76. The van der Waals surface area contributed by atoms with Gasteiger partial charge in [0.25, 0.3) is 5.91 Å². The molecular weight excluding hydrogens is 318 g/mol. The zero-order valence-corrected chi connectivity index (χ0v) is 13.1. The van der Waals surface area contributed by atoms with Crippen molar-refractivity contribution in [1.82, 2.24) is 0 Å². The molecule has 0 saturated heterocycles. The van der Waals surface area contributed by atoms with Crippen molar-refractivity contribution in [3.05, 3.63) is 63.1 Å². The summed E-state index contributed by atoms with van der Waals surface area (Å²) < 4.78 is 0.665. The first-order valence-electron chi connectivity index (χ1n) is 6.47. The van der Waals surface area contributed by atoms with E-state index < -0.39 is 5.91 Å². The van der Waals surface area contributed by atoms with E-state index in [1.807, 2.05) is 10.8 Å². The lowest BCUT2D eigenvalue weighted by molar-refractivity contribution is -0.118. The second-order valence-electron chi connectivity index (χ2n) is 4.57. The maximum atomic E-state index is 12.8. The summed E-state index contributed by atoms with van der Waals surface area (Å²) in [5.74, 6) is -1.08. The Morgan fingerprint density at radius 2 is 1.86 bits per heavy atom. The third-order valence-electron chi connectivity index (χ3n) is 3.30. The molecule has 0 bridgehead atoms. The molecule has 0 N–H and O–H groups in total. The van der Waals surface area contributed by atoms with Crippen LogP contribution in [0.5, 0.6) is 0 Å². The lowest BCUT2D eigenvalue weighted by atomic mass is 10.0. The zero-order chi connectivity index (χ0) is 15.7. The minimum atomic E-state index is -0.398. The Morgan fingerprint density at radius 1 is 1.18 bits per heavy atom. The zero-order valence-electron chi connectivity index (χ0n) is 11.4. The van der Waals surface area contributed by atoms with Crippen LogP contribution in [0, 0.1) is 0 Å². The number of amides is 1. The van der Waals surface area contributed by atoms with E-state index in [1.165, 1.54) is 28.4 Å². The van der Waals surface area contributed by atoms with Crippen LogP contribution in [0.1, 0.15) is 10.4 Å². The number of carbonyl (C=O) groups is 3. The van der Waals surface area contributed by atoms with Gasteiger partial charge in [-0.3, -0.25) is 14.4 Å². The van der Waals surface area contributed by atoms with Crippen molar-refractivity contribution >= 4 is 46.7 Å². The summed E-state index contributed by atoms with van der Waals surface area (Å²) >= 11 is 2.70. The number of hydrogen-bond donors (Lipinski definition) is 0. The average molecular weight is 329 g/mol. The first-order valence-corrected chi connectivity index (χ1v) is 8.23. The van der Waals surface area contributed by atoms with Gasteiger partial charge in [-0.1, -0.05) is 42.2 Å². The molecule has 1 aromatic rings. The second kappa shape index (κ2) is 5.98. The van der Waals surface area contributed by atoms with Crippen LogP contribution >= 0.6 is 23.5 Å². The molecule has 2 heterocycles. The van der Waals surface area contributed by atoms with E-state index in [0.717, 1.165) is 6.08 Å². The summed E-state index contributed by atoms with van der Waals surface area (Å²) in [5.41, 5.74) is 0.966. The fourth-order valence-corrected chi connectivity index (χ4v) is 4.20. The van der Waals surface area contributed by atoms with Crippen molar-refractivity contribution in [2.75, 3.05) is 11.4 Å². The molecule has 3 rings (SSSR count). The summed E-state index contributed by atoms with van der Waals surface area (Å²) in [4.78, 5) is 38.7. The van der Waals surface area contributed by atoms with Crippen LogP contribution in [0.2, 0.25) is 0 Å². The van der Waals surface area contributed by atoms with Crippen molar-refractivity contribution in [1.29, 1.82) is 0 Å². The molecule has 2 aliphatic heterocycles. The molecule has 1 aromatic carbocycles. The van der Waals surface area contributed by atoms with Crippen LogP contribution in [0.15, 0.2) is 57.5 Å². The lowest BCUT2D eigenvalue weighted by Crippen LogP contribution is -2.34. The summed E-state index contributed by atoms with van der Waals surface area (Å²) in [6.07, 6.45) is 1.15. The minimum Gasteiger partial charge on any atom is -0.300 e. The third kappa shape index (κ3) is 2.44. The van der Waals surface area contributed by atoms with Crippen LogP contribution in [0.25, 0.3) is 0 Å². The van der Waals surface area contributed by atoms with Crippen molar-refractivity contribution in [2.24, 2.45) is 0 Å². The standard InChI is InChI=1S/C16H11NO3S2/c1-2-13(19)17-9-12(18)14(16-21-7-8-22-16)15(20)10-5-3-4-6-11(10)17/h2-8H,1,9H2. The highest BCUT2D eigenvalue weighted by molar-refractivity contribution is 8.27. The number of Topliss-reactive ketones (excluding diaryl/α,β-unsaturated/α-hetero) is 2. The number of rotatable bonds is 1. The maximum Gasteiger partial charge on any atom is 0.250 e. The van der Waals surface area contributed by atoms with Gasteiger partial charge >= 0.3 is 0 Å². The van der Waals surface area contributed by atoms with Gasteiger partial charge in [0.2, 0.25) is 0 Å². The number of hydrogen-bond acceptors (Lipinski definition) is 5. The predicted molar refractivity (Wildman–Crippen MR) is 89.7 cm³/mol. The fraction of sp³-hybridized carbons (Fsp3) is 0.0625. The van der Waals surface area contributed by atoms with Gasteiger partial charge in [0.05, 0.1) is 22.0 Å². The van der Waals surface area contributed by atoms with E-state index >= 15 is 0 Å². The average Bonchev–Trinajstić information content (AvgIpc) is 3.02. The summed E-state index contributed by atoms with van der Waals surface area (Å²) in [5, 5.41) is 3.66. The van der Waals surface area contributed by atoms with Crippen molar-refractivity contribution in [3.8, 4) is 0 Å². The van der Waals surface area contributed by atoms with Crippen molar-refractivity contribution < 1.29 is 14.4 Å².